The first-order chi connectivity index (χ1) is 15.5. The molecule has 1 heterocycles. The van der Waals surface area contributed by atoms with Crippen LogP contribution >= 0.6 is 0 Å². The quantitative estimate of drug-likeness (QED) is 0.380. The van der Waals surface area contributed by atoms with E-state index in [-0.39, 0.29) is 29.2 Å². The average Bonchev–Trinajstić information content (AvgIpc) is 3.19. The highest BCUT2D eigenvalue weighted by molar-refractivity contribution is 5.60. The fraction of sp³-hybridized carbons (Fsp3) is 0.348. The Balaban J connectivity index is 1.84. The van der Waals surface area contributed by atoms with Crippen LogP contribution in [0.2, 0.25) is 0 Å². The number of nitrogens with zero attached hydrogens (tertiary/aromatic N) is 1. The Morgan fingerprint density at radius 1 is 1.00 bits per heavy atom. The number of nitrogens with two attached hydrogens (primary N) is 1. The van der Waals surface area contributed by atoms with Gasteiger partial charge in [-0.15, -0.1) is 0 Å². The molecule has 178 valence electrons. The SMILES string of the molecule is NCCNCC1C=CC=C1C[C@H](O)c1ccc(-c2ccc(C(F)(F)F)cc2)nc1C(F)(F)F. The van der Waals surface area contributed by atoms with Crippen LogP contribution in [-0.2, 0) is 12.4 Å². The summed E-state index contributed by atoms with van der Waals surface area (Å²) in [7, 11) is 0. The summed E-state index contributed by atoms with van der Waals surface area (Å²) in [6.07, 6.45) is -5.46. The number of allylic oxidation sites excluding steroid dienone is 2. The molecule has 1 aromatic carbocycles. The minimum absolute atomic E-state index is 0.0215. The first kappa shape index (κ1) is 24.9. The maximum Gasteiger partial charge on any atom is 0.433 e. The van der Waals surface area contributed by atoms with Crippen molar-refractivity contribution >= 4 is 0 Å². The molecule has 2 aromatic rings. The van der Waals surface area contributed by atoms with Gasteiger partial charge >= 0.3 is 12.4 Å². The van der Waals surface area contributed by atoms with Crippen molar-refractivity contribution in [3.8, 4) is 11.3 Å². The molecule has 4 N–H and O–H groups in total. The molecule has 2 atom stereocenters. The Bertz CT molecular complexity index is 1010. The van der Waals surface area contributed by atoms with Gasteiger partial charge in [0.05, 0.1) is 17.4 Å². The van der Waals surface area contributed by atoms with E-state index in [1.54, 1.807) is 12.2 Å². The van der Waals surface area contributed by atoms with E-state index in [9.17, 15) is 31.4 Å². The van der Waals surface area contributed by atoms with Gasteiger partial charge in [-0.25, -0.2) is 4.98 Å². The molecule has 33 heavy (non-hydrogen) atoms. The third-order valence-electron chi connectivity index (χ3n) is 5.31. The summed E-state index contributed by atoms with van der Waals surface area (Å²) in [4.78, 5) is 3.65. The lowest BCUT2D eigenvalue weighted by Crippen LogP contribution is -2.28. The summed E-state index contributed by atoms with van der Waals surface area (Å²) < 4.78 is 79.5. The molecule has 0 spiro atoms. The second kappa shape index (κ2) is 10.1. The summed E-state index contributed by atoms with van der Waals surface area (Å²) in [5.41, 5.74) is 3.60. The highest BCUT2D eigenvalue weighted by Crippen LogP contribution is 2.38. The molecule has 1 aliphatic carbocycles. The highest BCUT2D eigenvalue weighted by Gasteiger charge is 2.38. The fourth-order valence-corrected chi connectivity index (χ4v) is 3.63. The van der Waals surface area contributed by atoms with Gasteiger partial charge in [-0.1, -0.05) is 42.0 Å². The first-order valence-electron chi connectivity index (χ1n) is 10.2. The number of aliphatic hydroxyl groups excluding tert-OH is 1. The first-order valence-corrected chi connectivity index (χ1v) is 10.2. The molecular formula is C23H23F6N3O. The Morgan fingerprint density at radius 3 is 2.30 bits per heavy atom. The standard InChI is InChI=1S/C23H23F6N3O/c24-22(25,26)17-6-4-14(5-7-17)19-9-8-18(21(32-19)23(27,28)29)20(33)12-15-2-1-3-16(15)13-31-11-10-30/h1-9,16,20,31,33H,10-13,30H2/t16?,20-/m0/s1. The molecule has 10 heteroatoms. The molecule has 1 aromatic heterocycles. The maximum absolute atomic E-state index is 13.7. The van der Waals surface area contributed by atoms with Crippen LogP contribution in [0.25, 0.3) is 11.3 Å². The van der Waals surface area contributed by atoms with Gasteiger partial charge in [0, 0.05) is 36.7 Å². The lowest BCUT2D eigenvalue weighted by Gasteiger charge is -2.21. The highest BCUT2D eigenvalue weighted by atomic mass is 19.4. The zero-order valence-electron chi connectivity index (χ0n) is 17.4. The number of alkyl halides is 6. The van der Waals surface area contributed by atoms with Crippen molar-refractivity contribution in [2.75, 3.05) is 19.6 Å². The van der Waals surface area contributed by atoms with E-state index in [4.69, 9.17) is 5.73 Å². The van der Waals surface area contributed by atoms with Gasteiger partial charge in [-0.3, -0.25) is 0 Å². The van der Waals surface area contributed by atoms with Crippen LogP contribution in [0.4, 0.5) is 26.3 Å². The van der Waals surface area contributed by atoms with Crippen molar-refractivity contribution in [3.05, 3.63) is 77.0 Å². The number of nitrogens with one attached hydrogen (secondary N) is 1. The Hall–Kier alpha value is -2.69. The van der Waals surface area contributed by atoms with Crippen LogP contribution in [0.5, 0.6) is 0 Å². The minimum atomic E-state index is -4.86. The average molecular weight is 471 g/mol. The number of halogens is 6. The summed E-state index contributed by atoms with van der Waals surface area (Å²) in [6, 6.07) is 6.08. The fourth-order valence-electron chi connectivity index (χ4n) is 3.63. The summed E-state index contributed by atoms with van der Waals surface area (Å²) in [6.45, 7) is 1.58. The van der Waals surface area contributed by atoms with E-state index in [2.05, 4.69) is 10.3 Å². The number of hydrogen-bond acceptors (Lipinski definition) is 4. The van der Waals surface area contributed by atoms with Gasteiger partial charge < -0.3 is 16.2 Å². The number of aliphatic hydroxyl groups is 1. The number of rotatable bonds is 8. The van der Waals surface area contributed by atoms with Crippen molar-refractivity contribution in [3.63, 3.8) is 0 Å². The van der Waals surface area contributed by atoms with Crippen molar-refractivity contribution < 1.29 is 31.4 Å². The molecule has 0 saturated heterocycles. The van der Waals surface area contributed by atoms with Crippen LogP contribution in [0.15, 0.2) is 60.2 Å². The zero-order valence-corrected chi connectivity index (χ0v) is 17.4. The normalized spacial score (nSPS) is 17.3. The summed E-state index contributed by atoms with van der Waals surface area (Å²) in [5.74, 6) is -0.0695. The van der Waals surface area contributed by atoms with E-state index in [1.807, 2.05) is 6.08 Å². The topological polar surface area (TPSA) is 71.2 Å². The number of pyridine rings is 1. The number of aromatic nitrogens is 1. The van der Waals surface area contributed by atoms with Crippen LogP contribution in [0, 0.1) is 5.92 Å². The molecule has 0 amide bonds. The smallest absolute Gasteiger partial charge is 0.388 e. The van der Waals surface area contributed by atoms with Gasteiger partial charge in [-0.05, 0) is 24.6 Å². The zero-order chi connectivity index (χ0) is 24.2. The van der Waals surface area contributed by atoms with E-state index in [0.717, 1.165) is 35.9 Å². The molecule has 1 unspecified atom stereocenters. The van der Waals surface area contributed by atoms with Gasteiger partial charge in [0.15, 0.2) is 5.69 Å². The van der Waals surface area contributed by atoms with Crippen LogP contribution in [0.1, 0.15) is 29.3 Å². The monoisotopic (exact) mass is 471 g/mol. The molecule has 0 fully saturated rings. The summed E-state index contributed by atoms with van der Waals surface area (Å²) in [5, 5.41) is 13.8. The lowest BCUT2D eigenvalue weighted by atomic mass is 9.93. The molecule has 1 aliphatic rings. The van der Waals surface area contributed by atoms with Crippen molar-refractivity contribution in [1.82, 2.24) is 10.3 Å². The van der Waals surface area contributed by atoms with Crippen molar-refractivity contribution in [2.45, 2.75) is 24.9 Å². The van der Waals surface area contributed by atoms with Crippen LogP contribution in [0.3, 0.4) is 0 Å². The van der Waals surface area contributed by atoms with Crippen LogP contribution < -0.4 is 11.1 Å². The largest absolute Gasteiger partial charge is 0.433 e. The predicted octanol–water partition coefficient (Wildman–Crippen LogP) is 4.87. The molecule has 3 rings (SSSR count). The minimum Gasteiger partial charge on any atom is -0.388 e. The molecule has 0 bridgehead atoms. The Labute approximate surface area is 186 Å². The van der Waals surface area contributed by atoms with Crippen molar-refractivity contribution in [1.29, 1.82) is 0 Å². The van der Waals surface area contributed by atoms with E-state index >= 15 is 0 Å². The molecule has 4 nitrogen and oxygen atoms in total. The lowest BCUT2D eigenvalue weighted by molar-refractivity contribution is -0.142. The van der Waals surface area contributed by atoms with Gasteiger partial charge in [-0.2, -0.15) is 26.3 Å². The van der Waals surface area contributed by atoms with Crippen LogP contribution in [-0.4, -0.2) is 29.7 Å². The van der Waals surface area contributed by atoms with Gasteiger partial charge in [0.1, 0.15) is 0 Å². The third kappa shape index (κ3) is 6.21. The molecular weight excluding hydrogens is 448 g/mol. The second-order valence-corrected chi connectivity index (χ2v) is 7.65. The van der Waals surface area contributed by atoms with E-state index in [0.29, 0.717) is 19.6 Å². The van der Waals surface area contributed by atoms with Gasteiger partial charge in [0.25, 0.3) is 0 Å². The number of hydrogen-bond donors (Lipinski definition) is 3. The second-order valence-electron chi connectivity index (χ2n) is 7.65. The molecule has 0 aliphatic heterocycles. The van der Waals surface area contributed by atoms with E-state index < -0.39 is 29.7 Å². The maximum atomic E-state index is 13.7. The Kier molecular flexibility index (Phi) is 7.61. The molecule has 0 radical (unpaired) electrons. The van der Waals surface area contributed by atoms with Gasteiger partial charge in [0.2, 0.25) is 0 Å². The van der Waals surface area contributed by atoms with Crippen molar-refractivity contribution in [2.24, 2.45) is 11.7 Å². The number of benzene rings is 1. The summed E-state index contributed by atoms with van der Waals surface area (Å²) >= 11 is 0. The van der Waals surface area contributed by atoms with E-state index in [1.165, 1.54) is 6.07 Å². The Morgan fingerprint density at radius 2 is 1.70 bits per heavy atom. The molecule has 0 saturated carbocycles. The third-order valence-corrected chi connectivity index (χ3v) is 5.31. The predicted molar refractivity (Wildman–Crippen MR) is 112 cm³/mol.